The van der Waals surface area contributed by atoms with Crippen LogP contribution in [-0.4, -0.2) is 56.4 Å². The van der Waals surface area contributed by atoms with Crippen molar-refractivity contribution in [2.45, 2.75) is 32.4 Å². The van der Waals surface area contributed by atoms with Gasteiger partial charge in [0.15, 0.2) is 0 Å². The molecule has 0 aliphatic carbocycles. The number of nitrogens with one attached hydrogen (secondary N) is 1. The molecule has 4 nitrogen and oxygen atoms in total. The van der Waals surface area contributed by atoms with Gasteiger partial charge in [-0.1, -0.05) is 13.8 Å². The van der Waals surface area contributed by atoms with Crippen LogP contribution in [0.2, 0.25) is 0 Å². The number of morpholine rings is 1. The number of likely N-dealkylation sites (N-methyl/N-ethyl adjacent to an activating group) is 2. The summed E-state index contributed by atoms with van der Waals surface area (Å²) < 4.78 is 11.6. The minimum atomic E-state index is 0.216. The van der Waals surface area contributed by atoms with Crippen LogP contribution in [0.4, 0.5) is 0 Å². The van der Waals surface area contributed by atoms with Crippen LogP contribution in [-0.2, 0) is 9.47 Å². The molecule has 17 heavy (non-hydrogen) atoms. The Morgan fingerprint density at radius 2 is 2.35 bits per heavy atom. The molecule has 0 spiro atoms. The lowest BCUT2D eigenvalue weighted by molar-refractivity contribution is -0.0459. The second kappa shape index (κ2) is 6.38. The Labute approximate surface area is 104 Å². The third-order valence-electron chi connectivity index (χ3n) is 3.46. The van der Waals surface area contributed by atoms with Crippen LogP contribution in [0, 0.1) is 0 Å². The lowest BCUT2D eigenvalue weighted by atomic mass is 10.1. The van der Waals surface area contributed by atoms with Gasteiger partial charge < -0.3 is 14.8 Å². The molecule has 2 aliphatic heterocycles. The minimum absolute atomic E-state index is 0.216. The molecule has 2 aliphatic rings. The van der Waals surface area contributed by atoms with Crippen LogP contribution >= 0.6 is 0 Å². The van der Waals surface area contributed by atoms with E-state index < -0.39 is 0 Å². The summed E-state index contributed by atoms with van der Waals surface area (Å²) in [5, 5.41) is 3.49. The first-order valence-electron chi connectivity index (χ1n) is 6.75. The van der Waals surface area contributed by atoms with E-state index in [4.69, 9.17) is 9.47 Å². The van der Waals surface area contributed by atoms with E-state index in [-0.39, 0.29) is 12.1 Å². The highest BCUT2D eigenvalue weighted by molar-refractivity contribution is 5.10. The molecule has 1 saturated heterocycles. The Hall–Kier alpha value is -0.580. The molecule has 0 aromatic rings. The minimum Gasteiger partial charge on any atom is -0.496 e. The zero-order valence-electron chi connectivity index (χ0n) is 10.9. The highest BCUT2D eigenvalue weighted by Gasteiger charge is 2.31. The van der Waals surface area contributed by atoms with Crippen molar-refractivity contribution in [3.8, 4) is 0 Å². The van der Waals surface area contributed by atoms with Crippen molar-refractivity contribution in [1.82, 2.24) is 10.2 Å². The zero-order valence-corrected chi connectivity index (χ0v) is 10.9. The van der Waals surface area contributed by atoms with Gasteiger partial charge in [0.1, 0.15) is 5.76 Å². The van der Waals surface area contributed by atoms with Crippen LogP contribution in [0.25, 0.3) is 0 Å². The third-order valence-corrected chi connectivity index (χ3v) is 3.46. The summed E-state index contributed by atoms with van der Waals surface area (Å²) in [6.07, 6.45) is 3.44. The van der Waals surface area contributed by atoms with Crippen molar-refractivity contribution >= 4 is 0 Å². The largest absolute Gasteiger partial charge is 0.496 e. The van der Waals surface area contributed by atoms with Gasteiger partial charge in [-0.3, -0.25) is 4.90 Å². The van der Waals surface area contributed by atoms with Crippen molar-refractivity contribution in [2.75, 3.05) is 39.4 Å². The average molecular weight is 240 g/mol. The van der Waals surface area contributed by atoms with E-state index in [1.165, 1.54) is 0 Å². The molecule has 0 radical (unpaired) electrons. The van der Waals surface area contributed by atoms with E-state index in [2.05, 4.69) is 30.1 Å². The average Bonchev–Trinajstić information content (AvgIpc) is 2.89. The Morgan fingerprint density at radius 1 is 1.47 bits per heavy atom. The van der Waals surface area contributed by atoms with E-state index in [0.29, 0.717) is 0 Å². The summed E-state index contributed by atoms with van der Waals surface area (Å²) in [6, 6.07) is 0.219. The molecular formula is C13H24N2O2. The smallest absolute Gasteiger partial charge is 0.112 e. The highest BCUT2D eigenvalue weighted by Crippen LogP contribution is 2.20. The standard InChI is InChI=1S/C13H24N2O2/c1-3-14-13(11-6-5-8-16-11)12-10-15(4-2)7-9-17-12/h6,12-14H,3-5,7-10H2,1-2H3. The summed E-state index contributed by atoms with van der Waals surface area (Å²) in [5.41, 5.74) is 0. The van der Waals surface area contributed by atoms with Gasteiger partial charge in [0.2, 0.25) is 0 Å². The van der Waals surface area contributed by atoms with Gasteiger partial charge in [-0.15, -0.1) is 0 Å². The van der Waals surface area contributed by atoms with Crippen molar-refractivity contribution in [2.24, 2.45) is 0 Å². The van der Waals surface area contributed by atoms with Gasteiger partial charge >= 0.3 is 0 Å². The summed E-state index contributed by atoms with van der Waals surface area (Å²) in [6.45, 7) is 10.1. The molecule has 0 saturated carbocycles. The van der Waals surface area contributed by atoms with Gasteiger partial charge in [0.05, 0.1) is 25.4 Å². The second-order valence-corrected chi connectivity index (χ2v) is 4.58. The first kappa shape index (κ1) is 12.9. The third kappa shape index (κ3) is 3.21. The van der Waals surface area contributed by atoms with Gasteiger partial charge in [-0.05, 0) is 19.2 Å². The van der Waals surface area contributed by atoms with Gasteiger partial charge in [-0.2, -0.15) is 0 Å². The van der Waals surface area contributed by atoms with Crippen LogP contribution in [0.1, 0.15) is 20.3 Å². The SMILES string of the molecule is CCNC(C1=CCCO1)C1CN(CC)CCO1. The molecule has 2 unspecified atom stereocenters. The van der Waals surface area contributed by atoms with Crippen molar-refractivity contribution < 1.29 is 9.47 Å². The van der Waals surface area contributed by atoms with Crippen molar-refractivity contribution in [3.05, 3.63) is 11.8 Å². The first-order valence-corrected chi connectivity index (χ1v) is 6.75. The molecule has 0 aromatic heterocycles. The summed E-state index contributed by atoms with van der Waals surface area (Å²) >= 11 is 0. The fraction of sp³-hybridized carbons (Fsp3) is 0.846. The molecule has 0 aromatic carbocycles. The van der Waals surface area contributed by atoms with Crippen LogP contribution in [0.5, 0.6) is 0 Å². The summed E-state index contributed by atoms with van der Waals surface area (Å²) in [7, 11) is 0. The second-order valence-electron chi connectivity index (χ2n) is 4.58. The van der Waals surface area contributed by atoms with E-state index in [1.807, 2.05) is 0 Å². The van der Waals surface area contributed by atoms with Crippen molar-refractivity contribution in [3.63, 3.8) is 0 Å². The number of hydrogen-bond acceptors (Lipinski definition) is 4. The molecule has 2 heterocycles. The van der Waals surface area contributed by atoms with Crippen LogP contribution < -0.4 is 5.32 Å². The Morgan fingerprint density at radius 3 is 3.00 bits per heavy atom. The first-order chi connectivity index (χ1) is 8.35. The lowest BCUT2D eigenvalue weighted by Crippen LogP contribution is -2.53. The predicted octanol–water partition coefficient (Wildman–Crippen LogP) is 0.989. The number of hydrogen-bond donors (Lipinski definition) is 1. The number of nitrogens with zero attached hydrogens (tertiary/aromatic N) is 1. The monoisotopic (exact) mass is 240 g/mol. The molecule has 98 valence electrons. The summed E-state index contributed by atoms with van der Waals surface area (Å²) in [5.74, 6) is 1.08. The van der Waals surface area contributed by atoms with Crippen LogP contribution in [0.3, 0.4) is 0 Å². The maximum atomic E-state index is 5.91. The van der Waals surface area contributed by atoms with E-state index in [0.717, 1.165) is 51.6 Å². The topological polar surface area (TPSA) is 33.7 Å². The normalized spacial score (nSPS) is 27.6. The highest BCUT2D eigenvalue weighted by atomic mass is 16.5. The van der Waals surface area contributed by atoms with Crippen LogP contribution in [0.15, 0.2) is 11.8 Å². The number of ether oxygens (including phenoxy) is 2. The van der Waals surface area contributed by atoms with Gasteiger partial charge in [-0.25, -0.2) is 0 Å². The fourth-order valence-electron chi connectivity index (χ4n) is 2.51. The molecule has 4 heteroatoms. The Bertz CT molecular complexity index is 268. The molecule has 0 bridgehead atoms. The lowest BCUT2D eigenvalue weighted by Gasteiger charge is -2.36. The van der Waals surface area contributed by atoms with Crippen molar-refractivity contribution in [1.29, 1.82) is 0 Å². The zero-order chi connectivity index (χ0) is 12.1. The molecule has 0 amide bonds. The maximum Gasteiger partial charge on any atom is 0.112 e. The quantitative estimate of drug-likeness (QED) is 0.777. The summed E-state index contributed by atoms with van der Waals surface area (Å²) in [4.78, 5) is 2.44. The predicted molar refractivity (Wildman–Crippen MR) is 68.0 cm³/mol. The molecule has 1 N–H and O–H groups in total. The molecule has 2 rings (SSSR count). The van der Waals surface area contributed by atoms with E-state index in [1.54, 1.807) is 0 Å². The molecule has 1 fully saturated rings. The number of rotatable bonds is 5. The van der Waals surface area contributed by atoms with E-state index >= 15 is 0 Å². The maximum absolute atomic E-state index is 5.91. The molecule has 2 atom stereocenters. The fourth-order valence-corrected chi connectivity index (χ4v) is 2.51. The Kier molecular flexibility index (Phi) is 4.83. The van der Waals surface area contributed by atoms with Gasteiger partial charge in [0.25, 0.3) is 0 Å². The Balaban J connectivity index is 1.99. The van der Waals surface area contributed by atoms with Gasteiger partial charge in [0, 0.05) is 19.5 Å². The van der Waals surface area contributed by atoms with E-state index in [9.17, 15) is 0 Å². The molecular weight excluding hydrogens is 216 g/mol.